The lowest BCUT2D eigenvalue weighted by molar-refractivity contribution is 0.385. The molecular weight excluding hydrogens is 361 g/mol. The first-order valence-electron chi connectivity index (χ1n) is 7.52. The van der Waals surface area contributed by atoms with Crippen LogP contribution in [0.1, 0.15) is 11.4 Å². The number of nitrogens with zero attached hydrogens (tertiary/aromatic N) is 4. The monoisotopic (exact) mass is 377 g/mol. The molecule has 3 aromatic rings. The van der Waals surface area contributed by atoms with E-state index < -0.39 is 15.8 Å². The van der Waals surface area contributed by atoms with Gasteiger partial charge in [-0.1, -0.05) is 0 Å². The van der Waals surface area contributed by atoms with Gasteiger partial charge in [0, 0.05) is 11.8 Å². The topological polar surface area (TPSA) is 99.0 Å². The first-order valence-corrected chi connectivity index (χ1v) is 9.00. The molecule has 8 nitrogen and oxygen atoms in total. The van der Waals surface area contributed by atoms with Crippen molar-refractivity contribution in [1.82, 2.24) is 19.7 Å². The minimum atomic E-state index is -4.03. The summed E-state index contributed by atoms with van der Waals surface area (Å²) in [4.78, 5) is 7.76. The van der Waals surface area contributed by atoms with Gasteiger partial charge in [0.2, 0.25) is 0 Å². The molecule has 2 aromatic heterocycles. The Bertz CT molecular complexity index is 1070. The average molecular weight is 377 g/mol. The Morgan fingerprint density at radius 1 is 1.15 bits per heavy atom. The fourth-order valence-corrected chi connectivity index (χ4v) is 3.40. The number of ether oxygens (including phenoxy) is 1. The molecular formula is C16H16FN5O3S. The predicted octanol–water partition coefficient (Wildman–Crippen LogP) is 2.23. The number of halogens is 1. The van der Waals surface area contributed by atoms with Gasteiger partial charge in [-0.2, -0.15) is 5.10 Å². The van der Waals surface area contributed by atoms with Crippen LogP contribution in [-0.4, -0.2) is 35.3 Å². The van der Waals surface area contributed by atoms with Gasteiger partial charge in [0.15, 0.2) is 17.4 Å². The van der Waals surface area contributed by atoms with Gasteiger partial charge in [0.05, 0.1) is 17.7 Å². The maximum Gasteiger partial charge on any atom is 0.263 e. The van der Waals surface area contributed by atoms with Crippen LogP contribution in [0, 0.1) is 19.7 Å². The smallest absolute Gasteiger partial charge is 0.263 e. The molecule has 26 heavy (non-hydrogen) atoms. The van der Waals surface area contributed by atoms with Crippen molar-refractivity contribution in [3.05, 3.63) is 53.9 Å². The number of aromatic nitrogens is 4. The number of rotatable bonds is 5. The summed E-state index contributed by atoms with van der Waals surface area (Å²) in [6, 6.07) is 6.67. The Morgan fingerprint density at radius 2 is 1.92 bits per heavy atom. The Labute approximate surface area is 149 Å². The van der Waals surface area contributed by atoms with Crippen molar-refractivity contribution < 1.29 is 17.5 Å². The molecule has 0 fully saturated rings. The van der Waals surface area contributed by atoms with Crippen molar-refractivity contribution in [3.63, 3.8) is 0 Å². The minimum absolute atomic E-state index is 0.0405. The standard InChI is InChI=1S/C16H16FN5O3S/c1-10-6-11(2)22(20-10)16-8-15(18-9-19-16)21-26(23,24)12-4-5-14(25-3)13(17)7-12/h4-9H,1-3H3,(H,18,19,21). The molecule has 3 rings (SSSR count). The van der Waals surface area contributed by atoms with Gasteiger partial charge in [-0.05, 0) is 38.1 Å². The fourth-order valence-electron chi connectivity index (χ4n) is 2.39. The molecule has 0 spiro atoms. The quantitative estimate of drug-likeness (QED) is 0.732. The maximum absolute atomic E-state index is 13.8. The molecule has 0 aliphatic carbocycles. The molecule has 1 N–H and O–H groups in total. The normalized spacial score (nSPS) is 11.4. The molecule has 0 amide bonds. The number of sulfonamides is 1. The van der Waals surface area contributed by atoms with Crippen molar-refractivity contribution in [2.24, 2.45) is 0 Å². The van der Waals surface area contributed by atoms with E-state index in [2.05, 4.69) is 19.8 Å². The third-order valence-electron chi connectivity index (χ3n) is 3.55. The number of hydrogen-bond acceptors (Lipinski definition) is 6. The predicted molar refractivity (Wildman–Crippen MR) is 92.4 cm³/mol. The molecule has 0 aliphatic rings. The third kappa shape index (κ3) is 3.49. The summed E-state index contributed by atoms with van der Waals surface area (Å²) >= 11 is 0. The fraction of sp³-hybridized carbons (Fsp3) is 0.188. The van der Waals surface area contributed by atoms with E-state index in [-0.39, 0.29) is 16.5 Å². The SMILES string of the molecule is COc1ccc(S(=O)(=O)Nc2cc(-n3nc(C)cc3C)ncn2)cc1F. The zero-order chi connectivity index (χ0) is 18.9. The molecule has 0 unspecified atom stereocenters. The van der Waals surface area contributed by atoms with Crippen LogP contribution in [0.5, 0.6) is 5.75 Å². The summed E-state index contributed by atoms with van der Waals surface area (Å²) in [5, 5.41) is 4.29. The van der Waals surface area contributed by atoms with Gasteiger partial charge in [-0.15, -0.1) is 0 Å². The van der Waals surface area contributed by atoms with Crippen LogP contribution >= 0.6 is 0 Å². The van der Waals surface area contributed by atoms with Crippen LogP contribution in [0.25, 0.3) is 5.82 Å². The lowest BCUT2D eigenvalue weighted by Gasteiger charge is -2.10. The van der Waals surface area contributed by atoms with Crippen LogP contribution in [0.3, 0.4) is 0 Å². The van der Waals surface area contributed by atoms with Crippen LogP contribution in [-0.2, 0) is 10.0 Å². The van der Waals surface area contributed by atoms with E-state index in [0.29, 0.717) is 5.82 Å². The lowest BCUT2D eigenvalue weighted by atomic mass is 10.3. The Morgan fingerprint density at radius 3 is 2.54 bits per heavy atom. The van der Waals surface area contributed by atoms with E-state index in [1.807, 2.05) is 19.9 Å². The van der Waals surface area contributed by atoms with Crippen molar-refractivity contribution in [2.45, 2.75) is 18.7 Å². The summed E-state index contributed by atoms with van der Waals surface area (Å²) < 4.78 is 47.4. The second-order valence-corrected chi connectivity index (χ2v) is 7.18. The number of nitrogens with one attached hydrogen (secondary N) is 1. The van der Waals surface area contributed by atoms with Crippen LogP contribution in [0.15, 0.2) is 41.6 Å². The number of aryl methyl sites for hydroxylation is 2. The highest BCUT2D eigenvalue weighted by atomic mass is 32.2. The molecule has 0 bridgehead atoms. The number of methoxy groups -OCH3 is 1. The average Bonchev–Trinajstić information content (AvgIpc) is 2.93. The summed E-state index contributed by atoms with van der Waals surface area (Å²) in [5.41, 5.74) is 1.64. The van der Waals surface area contributed by atoms with Crippen molar-refractivity contribution >= 4 is 15.8 Å². The second kappa shape index (κ2) is 6.71. The highest BCUT2D eigenvalue weighted by molar-refractivity contribution is 7.92. The number of hydrogen-bond donors (Lipinski definition) is 1. The summed E-state index contributed by atoms with van der Waals surface area (Å²) in [5.74, 6) is -0.373. The van der Waals surface area contributed by atoms with Crippen LogP contribution in [0.4, 0.5) is 10.2 Å². The molecule has 0 saturated carbocycles. The van der Waals surface area contributed by atoms with Gasteiger partial charge < -0.3 is 4.74 Å². The number of benzene rings is 1. The maximum atomic E-state index is 13.8. The van der Waals surface area contributed by atoms with E-state index >= 15 is 0 Å². The van der Waals surface area contributed by atoms with E-state index in [9.17, 15) is 12.8 Å². The Balaban J connectivity index is 1.92. The van der Waals surface area contributed by atoms with E-state index in [4.69, 9.17) is 4.74 Å². The first kappa shape index (κ1) is 17.8. The summed E-state index contributed by atoms with van der Waals surface area (Å²) in [6.07, 6.45) is 1.22. The van der Waals surface area contributed by atoms with Crippen LogP contribution < -0.4 is 9.46 Å². The summed E-state index contributed by atoms with van der Waals surface area (Å²) in [6.45, 7) is 3.69. The third-order valence-corrected chi connectivity index (χ3v) is 4.90. The summed E-state index contributed by atoms with van der Waals surface area (Å²) in [7, 11) is -2.73. The van der Waals surface area contributed by atoms with Gasteiger partial charge in [0.25, 0.3) is 10.0 Å². The highest BCUT2D eigenvalue weighted by Crippen LogP contribution is 2.22. The van der Waals surface area contributed by atoms with E-state index in [1.165, 1.54) is 31.6 Å². The van der Waals surface area contributed by atoms with Gasteiger partial charge in [-0.25, -0.2) is 27.5 Å². The van der Waals surface area contributed by atoms with Crippen molar-refractivity contribution in [2.75, 3.05) is 11.8 Å². The largest absolute Gasteiger partial charge is 0.494 e. The molecule has 0 saturated heterocycles. The lowest BCUT2D eigenvalue weighted by Crippen LogP contribution is -2.15. The highest BCUT2D eigenvalue weighted by Gasteiger charge is 2.18. The zero-order valence-electron chi connectivity index (χ0n) is 14.3. The van der Waals surface area contributed by atoms with Crippen molar-refractivity contribution in [3.8, 4) is 11.6 Å². The van der Waals surface area contributed by atoms with Gasteiger partial charge >= 0.3 is 0 Å². The second-order valence-electron chi connectivity index (χ2n) is 5.50. The van der Waals surface area contributed by atoms with E-state index in [1.54, 1.807) is 4.68 Å². The van der Waals surface area contributed by atoms with Gasteiger partial charge in [-0.3, -0.25) is 4.72 Å². The van der Waals surface area contributed by atoms with Crippen LogP contribution in [0.2, 0.25) is 0 Å². The molecule has 0 aliphatic heterocycles. The molecule has 2 heterocycles. The molecule has 1 aromatic carbocycles. The van der Waals surface area contributed by atoms with Gasteiger partial charge in [0.1, 0.15) is 12.1 Å². The van der Waals surface area contributed by atoms with E-state index in [0.717, 1.165) is 17.5 Å². The molecule has 0 atom stereocenters. The number of anilines is 1. The Hall–Kier alpha value is -3.01. The molecule has 136 valence electrons. The zero-order valence-corrected chi connectivity index (χ0v) is 15.1. The Kier molecular flexibility index (Phi) is 4.60. The first-order chi connectivity index (χ1) is 12.3. The minimum Gasteiger partial charge on any atom is -0.494 e. The molecule has 10 heteroatoms. The van der Waals surface area contributed by atoms with Crippen molar-refractivity contribution in [1.29, 1.82) is 0 Å². The molecule has 0 radical (unpaired) electrons.